The summed E-state index contributed by atoms with van der Waals surface area (Å²) in [5, 5.41) is 7.57. The van der Waals surface area contributed by atoms with Crippen molar-refractivity contribution in [1.82, 2.24) is 15.5 Å². The van der Waals surface area contributed by atoms with E-state index in [0.29, 0.717) is 6.04 Å². The summed E-state index contributed by atoms with van der Waals surface area (Å²) >= 11 is 5.90. The van der Waals surface area contributed by atoms with Gasteiger partial charge in [-0.2, -0.15) is 0 Å². The monoisotopic (exact) mass is 450 g/mol. The molecular formula is C17H28ClIN4. The highest BCUT2D eigenvalue weighted by molar-refractivity contribution is 14.0. The minimum Gasteiger partial charge on any atom is -0.355 e. The van der Waals surface area contributed by atoms with Crippen molar-refractivity contribution in [2.45, 2.75) is 38.8 Å². The molecule has 6 heteroatoms. The molecule has 1 aromatic rings. The van der Waals surface area contributed by atoms with E-state index in [1.807, 2.05) is 31.3 Å². The number of hydrogen-bond acceptors (Lipinski definition) is 2. The lowest BCUT2D eigenvalue weighted by atomic mass is 10.2. The molecule has 1 saturated heterocycles. The second-order valence-corrected chi connectivity index (χ2v) is 6.17. The van der Waals surface area contributed by atoms with Gasteiger partial charge in [-0.15, -0.1) is 24.0 Å². The van der Waals surface area contributed by atoms with E-state index in [0.717, 1.165) is 24.1 Å². The van der Waals surface area contributed by atoms with E-state index in [1.54, 1.807) is 0 Å². The minimum atomic E-state index is 0. The highest BCUT2D eigenvalue weighted by Gasteiger charge is 2.20. The standard InChI is InChI=1S/C17H27ClN4.HI/c1-3-16(22-10-4-5-11-22)13-21-17(19-2)20-12-14-6-8-15(18)9-7-14;/h6-9,16H,3-5,10-13H2,1-2H3,(H2,19,20,21);1H. The van der Waals surface area contributed by atoms with Crippen molar-refractivity contribution < 1.29 is 0 Å². The summed E-state index contributed by atoms with van der Waals surface area (Å²) < 4.78 is 0. The zero-order valence-corrected chi connectivity index (χ0v) is 17.1. The van der Waals surface area contributed by atoms with E-state index in [1.165, 1.54) is 37.9 Å². The van der Waals surface area contributed by atoms with Gasteiger partial charge in [0.1, 0.15) is 0 Å². The van der Waals surface area contributed by atoms with E-state index in [4.69, 9.17) is 11.6 Å². The zero-order valence-electron chi connectivity index (χ0n) is 14.0. The number of hydrogen-bond donors (Lipinski definition) is 2. The summed E-state index contributed by atoms with van der Waals surface area (Å²) in [5.41, 5.74) is 1.19. The molecule has 0 aliphatic carbocycles. The van der Waals surface area contributed by atoms with Gasteiger partial charge in [-0.1, -0.05) is 30.7 Å². The van der Waals surface area contributed by atoms with Gasteiger partial charge in [-0.25, -0.2) is 0 Å². The first-order valence-electron chi connectivity index (χ1n) is 8.16. The quantitative estimate of drug-likeness (QED) is 0.396. The molecule has 1 aromatic carbocycles. The van der Waals surface area contributed by atoms with Gasteiger partial charge in [0.25, 0.3) is 0 Å². The van der Waals surface area contributed by atoms with Gasteiger partial charge in [-0.3, -0.25) is 9.89 Å². The first-order chi connectivity index (χ1) is 10.7. The second-order valence-electron chi connectivity index (χ2n) is 5.74. The lowest BCUT2D eigenvalue weighted by molar-refractivity contribution is 0.236. The van der Waals surface area contributed by atoms with E-state index >= 15 is 0 Å². The summed E-state index contributed by atoms with van der Waals surface area (Å²) in [6.45, 7) is 6.41. The fraction of sp³-hybridized carbons (Fsp3) is 0.588. The van der Waals surface area contributed by atoms with E-state index < -0.39 is 0 Å². The lowest BCUT2D eigenvalue weighted by Gasteiger charge is -2.27. The maximum Gasteiger partial charge on any atom is 0.191 e. The van der Waals surface area contributed by atoms with Gasteiger partial charge in [0.2, 0.25) is 0 Å². The Morgan fingerprint density at radius 2 is 1.87 bits per heavy atom. The van der Waals surface area contributed by atoms with Gasteiger partial charge in [-0.05, 0) is 50.0 Å². The third-order valence-corrected chi connectivity index (χ3v) is 4.48. The van der Waals surface area contributed by atoms with Crippen LogP contribution in [0.2, 0.25) is 5.02 Å². The van der Waals surface area contributed by atoms with Crippen LogP contribution >= 0.6 is 35.6 Å². The highest BCUT2D eigenvalue weighted by Crippen LogP contribution is 2.13. The smallest absolute Gasteiger partial charge is 0.191 e. The maximum atomic E-state index is 5.90. The number of rotatable bonds is 6. The molecule has 1 aliphatic rings. The van der Waals surface area contributed by atoms with Gasteiger partial charge in [0.05, 0.1) is 0 Å². The number of benzene rings is 1. The Labute approximate surface area is 162 Å². The van der Waals surface area contributed by atoms with Crippen LogP contribution in [0.15, 0.2) is 29.3 Å². The molecule has 0 saturated carbocycles. The maximum absolute atomic E-state index is 5.90. The van der Waals surface area contributed by atoms with Crippen molar-refractivity contribution in [2.75, 3.05) is 26.7 Å². The molecule has 23 heavy (non-hydrogen) atoms. The number of nitrogens with one attached hydrogen (secondary N) is 2. The van der Waals surface area contributed by atoms with Crippen molar-refractivity contribution in [1.29, 1.82) is 0 Å². The Hall–Kier alpha value is -0.530. The van der Waals surface area contributed by atoms with Crippen molar-refractivity contribution in [3.63, 3.8) is 0 Å². The van der Waals surface area contributed by atoms with Crippen LogP contribution in [0.3, 0.4) is 0 Å². The number of halogens is 2. The van der Waals surface area contributed by atoms with Gasteiger partial charge >= 0.3 is 0 Å². The van der Waals surface area contributed by atoms with Crippen LogP contribution in [0.1, 0.15) is 31.7 Å². The summed E-state index contributed by atoms with van der Waals surface area (Å²) in [5.74, 6) is 0.854. The molecule has 0 radical (unpaired) electrons. The van der Waals surface area contributed by atoms with Gasteiger partial charge in [0, 0.05) is 31.2 Å². The Morgan fingerprint density at radius 3 is 2.43 bits per heavy atom. The Morgan fingerprint density at radius 1 is 1.22 bits per heavy atom. The molecule has 2 rings (SSSR count). The number of aliphatic imine (C=N–C) groups is 1. The molecule has 1 aliphatic heterocycles. The predicted octanol–water partition coefficient (Wildman–Crippen LogP) is 3.50. The number of likely N-dealkylation sites (tertiary alicyclic amines) is 1. The molecule has 1 heterocycles. The third-order valence-electron chi connectivity index (χ3n) is 4.23. The van der Waals surface area contributed by atoms with E-state index in [-0.39, 0.29) is 24.0 Å². The molecule has 1 atom stereocenters. The molecular weight excluding hydrogens is 423 g/mol. The van der Waals surface area contributed by atoms with Crippen molar-refractivity contribution in [2.24, 2.45) is 4.99 Å². The first kappa shape index (κ1) is 20.5. The van der Waals surface area contributed by atoms with Crippen molar-refractivity contribution in [3.8, 4) is 0 Å². The van der Waals surface area contributed by atoms with Crippen LogP contribution in [-0.2, 0) is 6.54 Å². The second kappa shape index (κ2) is 11.1. The largest absolute Gasteiger partial charge is 0.355 e. The molecule has 0 spiro atoms. The highest BCUT2D eigenvalue weighted by atomic mass is 127. The van der Waals surface area contributed by atoms with E-state index in [9.17, 15) is 0 Å². The Kier molecular flexibility index (Phi) is 9.90. The zero-order chi connectivity index (χ0) is 15.8. The Balaban J connectivity index is 0.00000264. The third kappa shape index (κ3) is 6.85. The minimum absolute atomic E-state index is 0. The van der Waals surface area contributed by atoms with Crippen LogP contribution in [0.5, 0.6) is 0 Å². The average molecular weight is 451 g/mol. The van der Waals surface area contributed by atoms with Gasteiger partial charge < -0.3 is 10.6 Å². The molecule has 0 aromatic heterocycles. The normalized spacial score (nSPS) is 16.7. The summed E-state index contributed by atoms with van der Waals surface area (Å²) in [6.07, 6.45) is 3.83. The van der Waals surface area contributed by atoms with Crippen molar-refractivity contribution in [3.05, 3.63) is 34.9 Å². The van der Waals surface area contributed by atoms with Crippen LogP contribution in [0.25, 0.3) is 0 Å². The molecule has 2 N–H and O–H groups in total. The lowest BCUT2D eigenvalue weighted by Crippen LogP contribution is -2.46. The van der Waals surface area contributed by atoms with E-state index in [2.05, 4.69) is 27.4 Å². The first-order valence-corrected chi connectivity index (χ1v) is 8.53. The van der Waals surface area contributed by atoms with Crippen LogP contribution in [0.4, 0.5) is 0 Å². The fourth-order valence-corrected chi connectivity index (χ4v) is 2.99. The fourth-order valence-electron chi connectivity index (χ4n) is 2.86. The molecule has 0 amide bonds. The summed E-state index contributed by atoms with van der Waals surface area (Å²) in [4.78, 5) is 6.89. The number of nitrogens with zero attached hydrogens (tertiary/aromatic N) is 2. The Bertz CT molecular complexity index is 472. The molecule has 1 fully saturated rings. The van der Waals surface area contributed by atoms with Gasteiger partial charge in [0.15, 0.2) is 5.96 Å². The molecule has 4 nitrogen and oxygen atoms in total. The van der Waals surface area contributed by atoms with Crippen molar-refractivity contribution >= 4 is 41.5 Å². The SMILES string of the molecule is CCC(CNC(=NC)NCc1ccc(Cl)cc1)N1CCCC1.I. The topological polar surface area (TPSA) is 39.7 Å². The molecule has 1 unspecified atom stereocenters. The van der Waals surface area contributed by atoms with Crippen LogP contribution in [0, 0.1) is 0 Å². The average Bonchev–Trinajstić information content (AvgIpc) is 3.07. The van der Waals surface area contributed by atoms with Crippen LogP contribution in [-0.4, -0.2) is 43.6 Å². The molecule has 0 bridgehead atoms. The predicted molar refractivity (Wildman–Crippen MR) is 110 cm³/mol. The molecule has 130 valence electrons. The summed E-state index contributed by atoms with van der Waals surface area (Å²) in [6, 6.07) is 8.48. The number of guanidine groups is 1. The van der Waals surface area contributed by atoms with Crippen LogP contribution < -0.4 is 10.6 Å². The summed E-state index contributed by atoms with van der Waals surface area (Å²) in [7, 11) is 1.81.